The van der Waals surface area contributed by atoms with Gasteiger partial charge in [0.05, 0.1) is 5.69 Å². The van der Waals surface area contributed by atoms with Crippen LogP contribution in [0.3, 0.4) is 0 Å². The van der Waals surface area contributed by atoms with Crippen LogP contribution in [0.15, 0.2) is 24.3 Å². The minimum absolute atomic E-state index is 0.221. The van der Waals surface area contributed by atoms with Gasteiger partial charge in [0.25, 0.3) is 0 Å². The fraction of sp³-hybridized carbons (Fsp3) is 0.588. The average Bonchev–Trinajstić information content (AvgIpc) is 3.18. The Hall–Kier alpha value is -1.62. The molecule has 3 rings (SSSR count). The number of hydrogen-bond acceptors (Lipinski definition) is 2. The van der Waals surface area contributed by atoms with E-state index >= 15 is 0 Å². The van der Waals surface area contributed by atoms with E-state index in [1.54, 1.807) is 18.2 Å². The lowest BCUT2D eigenvalue weighted by atomic mass is 10.1. The molecule has 2 fully saturated rings. The molecule has 1 aromatic carbocycles. The van der Waals surface area contributed by atoms with Gasteiger partial charge in [0.1, 0.15) is 5.82 Å². The first-order chi connectivity index (χ1) is 10.7. The van der Waals surface area contributed by atoms with Crippen LogP contribution in [0.2, 0.25) is 0 Å². The number of carbonyl (C=O) groups is 1. The van der Waals surface area contributed by atoms with Crippen molar-refractivity contribution in [1.82, 2.24) is 10.2 Å². The lowest BCUT2D eigenvalue weighted by Crippen LogP contribution is -2.36. The molecule has 2 N–H and O–H groups in total. The van der Waals surface area contributed by atoms with E-state index in [0.717, 1.165) is 25.6 Å². The molecule has 0 bridgehead atoms. The monoisotopic (exact) mass is 305 g/mol. The average molecular weight is 305 g/mol. The predicted octanol–water partition coefficient (Wildman–Crippen LogP) is 3.21. The minimum Gasteiger partial charge on any atom is -0.338 e. The van der Waals surface area contributed by atoms with Crippen LogP contribution in [0.4, 0.5) is 14.9 Å². The molecule has 0 unspecified atom stereocenters. The Morgan fingerprint density at radius 2 is 2.00 bits per heavy atom. The molecular formula is C17H24FN3O. The Morgan fingerprint density at radius 3 is 2.77 bits per heavy atom. The number of hydrogen-bond donors (Lipinski definition) is 2. The molecule has 1 atom stereocenters. The number of halogens is 1. The van der Waals surface area contributed by atoms with Crippen molar-refractivity contribution < 1.29 is 9.18 Å². The molecule has 1 heterocycles. The maximum atomic E-state index is 13.5. The van der Waals surface area contributed by atoms with E-state index in [9.17, 15) is 9.18 Å². The second-order valence-electron chi connectivity index (χ2n) is 6.40. The Morgan fingerprint density at radius 1 is 1.23 bits per heavy atom. The highest BCUT2D eigenvalue weighted by molar-refractivity contribution is 5.89. The summed E-state index contributed by atoms with van der Waals surface area (Å²) < 4.78 is 13.5. The number of benzene rings is 1. The minimum atomic E-state index is -0.411. The third kappa shape index (κ3) is 3.77. The van der Waals surface area contributed by atoms with E-state index in [0.29, 0.717) is 12.5 Å². The van der Waals surface area contributed by atoms with Gasteiger partial charge in [-0.2, -0.15) is 0 Å². The van der Waals surface area contributed by atoms with E-state index in [1.165, 1.54) is 31.7 Å². The lowest BCUT2D eigenvalue weighted by Gasteiger charge is -2.23. The molecule has 0 radical (unpaired) electrons. The quantitative estimate of drug-likeness (QED) is 0.897. The Kier molecular flexibility index (Phi) is 4.93. The summed E-state index contributed by atoms with van der Waals surface area (Å²) in [5.41, 5.74) is 0.221. The second-order valence-corrected chi connectivity index (χ2v) is 6.40. The molecule has 1 saturated heterocycles. The fourth-order valence-corrected chi connectivity index (χ4v) is 3.60. The van der Waals surface area contributed by atoms with Crippen molar-refractivity contribution in [1.29, 1.82) is 0 Å². The van der Waals surface area contributed by atoms with Gasteiger partial charge < -0.3 is 15.5 Å². The Balaban J connectivity index is 1.41. The molecule has 2 aliphatic rings. The van der Waals surface area contributed by atoms with E-state index in [2.05, 4.69) is 15.5 Å². The van der Waals surface area contributed by atoms with Gasteiger partial charge in [0.15, 0.2) is 0 Å². The summed E-state index contributed by atoms with van der Waals surface area (Å²) in [6.45, 7) is 2.88. The first-order valence-electron chi connectivity index (χ1n) is 8.26. The zero-order valence-electron chi connectivity index (χ0n) is 12.9. The molecule has 0 aromatic heterocycles. The first-order valence-corrected chi connectivity index (χ1v) is 8.26. The van der Waals surface area contributed by atoms with Gasteiger partial charge in [-0.25, -0.2) is 9.18 Å². The number of nitrogens with one attached hydrogen (secondary N) is 2. The van der Waals surface area contributed by atoms with Crippen molar-refractivity contribution in [2.75, 3.05) is 25.0 Å². The van der Waals surface area contributed by atoms with Crippen LogP contribution in [0.5, 0.6) is 0 Å². The summed E-state index contributed by atoms with van der Waals surface area (Å²) in [6.07, 6.45) is 6.50. The standard InChI is InChI=1S/C17H24FN3O/c18-15-7-3-4-8-16(15)20-17(22)19-11-13-9-10-21(12-13)14-5-1-2-6-14/h3-4,7-8,13-14H,1-2,5-6,9-12H2,(H2,19,20,22)/t13-/m1/s1. The topological polar surface area (TPSA) is 44.4 Å². The molecule has 5 heteroatoms. The molecule has 120 valence electrons. The Bertz CT molecular complexity index is 516. The molecule has 4 nitrogen and oxygen atoms in total. The zero-order chi connectivity index (χ0) is 15.4. The number of likely N-dealkylation sites (tertiary alicyclic amines) is 1. The lowest BCUT2D eigenvalue weighted by molar-refractivity contribution is 0.234. The molecule has 2 amide bonds. The molecule has 22 heavy (non-hydrogen) atoms. The van der Waals surface area contributed by atoms with Crippen LogP contribution in [0.25, 0.3) is 0 Å². The smallest absolute Gasteiger partial charge is 0.319 e. The van der Waals surface area contributed by atoms with E-state index < -0.39 is 5.82 Å². The number of nitrogens with zero attached hydrogens (tertiary/aromatic N) is 1. The number of amides is 2. The van der Waals surface area contributed by atoms with Gasteiger partial charge in [-0.1, -0.05) is 25.0 Å². The van der Waals surface area contributed by atoms with Crippen molar-refractivity contribution in [2.45, 2.75) is 38.1 Å². The van der Waals surface area contributed by atoms with E-state index in [4.69, 9.17) is 0 Å². The summed E-state index contributed by atoms with van der Waals surface area (Å²) in [6, 6.07) is 6.64. The van der Waals surface area contributed by atoms with Gasteiger partial charge in [-0.15, -0.1) is 0 Å². The van der Waals surface area contributed by atoms with Gasteiger partial charge in [0.2, 0.25) is 0 Å². The predicted molar refractivity (Wildman–Crippen MR) is 85.4 cm³/mol. The molecule has 0 spiro atoms. The van der Waals surface area contributed by atoms with E-state index in [1.807, 2.05) is 0 Å². The third-order valence-electron chi connectivity index (χ3n) is 4.83. The van der Waals surface area contributed by atoms with Crippen LogP contribution in [-0.4, -0.2) is 36.6 Å². The van der Waals surface area contributed by atoms with Crippen molar-refractivity contribution in [3.63, 3.8) is 0 Å². The maximum absolute atomic E-state index is 13.5. The Labute approximate surface area is 131 Å². The summed E-state index contributed by atoms with van der Waals surface area (Å²) in [4.78, 5) is 14.4. The molecule has 1 aliphatic carbocycles. The maximum Gasteiger partial charge on any atom is 0.319 e. The van der Waals surface area contributed by atoms with E-state index in [-0.39, 0.29) is 11.7 Å². The first kappa shape index (κ1) is 15.3. The van der Waals surface area contributed by atoms with Gasteiger partial charge in [-0.3, -0.25) is 0 Å². The summed E-state index contributed by atoms with van der Waals surface area (Å²) in [5.74, 6) is 0.0953. The van der Waals surface area contributed by atoms with Gasteiger partial charge >= 0.3 is 6.03 Å². The summed E-state index contributed by atoms with van der Waals surface area (Å²) >= 11 is 0. The SMILES string of the molecule is O=C(NC[C@H]1CCN(C2CCCC2)C1)Nc1ccccc1F. The number of rotatable bonds is 4. The van der Waals surface area contributed by atoms with Crippen LogP contribution in [0.1, 0.15) is 32.1 Å². The number of anilines is 1. The number of carbonyl (C=O) groups excluding carboxylic acids is 1. The highest BCUT2D eigenvalue weighted by atomic mass is 19.1. The highest BCUT2D eigenvalue weighted by Crippen LogP contribution is 2.28. The van der Waals surface area contributed by atoms with Crippen molar-refractivity contribution in [2.24, 2.45) is 5.92 Å². The molecular weight excluding hydrogens is 281 g/mol. The largest absolute Gasteiger partial charge is 0.338 e. The summed E-state index contributed by atoms with van der Waals surface area (Å²) in [7, 11) is 0. The number of urea groups is 1. The van der Waals surface area contributed by atoms with Crippen LogP contribution in [0, 0.1) is 11.7 Å². The molecule has 1 aliphatic heterocycles. The van der Waals surface area contributed by atoms with Crippen molar-refractivity contribution in [3.05, 3.63) is 30.1 Å². The summed E-state index contributed by atoms with van der Waals surface area (Å²) in [5, 5.41) is 5.43. The highest BCUT2D eigenvalue weighted by Gasteiger charge is 2.29. The normalized spacial score (nSPS) is 22.9. The van der Waals surface area contributed by atoms with Crippen molar-refractivity contribution in [3.8, 4) is 0 Å². The number of para-hydroxylation sites is 1. The van der Waals surface area contributed by atoms with Gasteiger partial charge in [0, 0.05) is 19.1 Å². The van der Waals surface area contributed by atoms with Gasteiger partial charge in [-0.05, 0) is 43.9 Å². The third-order valence-corrected chi connectivity index (χ3v) is 4.83. The van der Waals surface area contributed by atoms with Crippen LogP contribution < -0.4 is 10.6 Å². The fourth-order valence-electron chi connectivity index (χ4n) is 3.60. The van der Waals surface area contributed by atoms with Crippen LogP contribution in [-0.2, 0) is 0 Å². The van der Waals surface area contributed by atoms with Crippen LogP contribution >= 0.6 is 0 Å². The molecule has 1 saturated carbocycles. The molecule has 1 aromatic rings. The van der Waals surface area contributed by atoms with Crippen molar-refractivity contribution >= 4 is 11.7 Å². The zero-order valence-corrected chi connectivity index (χ0v) is 12.9. The second kappa shape index (κ2) is 7.09.